The number of β-lactam (4-membered cyclic amide) rings is 1. The maximum atomic E-state index is 13.4. The van der Waals surface area contributed by atoms with Crippen molar-refractivity contribution in [2.24, 2.45) is 5.16 Å². The second-order valence-electron chi connectivity index (χ2n) is 10.8. The molecule has 1 aromatic heterocycles. The van der Waals surface area contributed by atoms with E-state index in [9.17, 15) is 49.2 Å². The van der Waals surface area contributed by atoms with Gasteiger partial charge in [0.05, 0.1) is 23.7 Å². The molecule has 0 saturated carbocycles. The summed E-state index contributed by atoms with van der Waals surface area (Å²) in [6.07, 6.45) is 0. The Labute approximate surface area is 276 Å². The highest BCUT2D eigenvalue weighted by Gasteiger charge is 2.66. The molecule has 4 heterocycles. The second-order valence-corrected chi connectivity index (χ2v) is 13.4. The number of thioether (sulfide) groups is 1. The molecule has 0 radical (unpaired) electrons. The molecule has 2 aromatic rings. The third-order valence-electron chi connectivity index (χ3n) is 7.34. The minimum atomic E-state index is -2.01. The van der Waals surface area contributed by atoms with E-state index >= 15 is 0 Å². The number of nitrogens with two attached hydrogens (primary N) is 1. The molecular weight excluding hydrogens is 688 g/mol. The number of hydrazine groups is 1. The van der Waals surface area contributed by atoms with Gasteiger partial charge >= 0.3 is 18.0 Å². The molecule has 0 bridgehead atoms. The van der Waals surface area contributed by atoms with Gasteiger partial charge in [-0.1, -0.05) is 28.5 Å². The molecule has 3 aliphatic rings. The molecule has 22 heteroatoms. The number of aromatic hydroxyl groups is 2. The maximum Gasteiger partial charge on any atom is 0.350 e. The summed E-state index contributed by atoms with van der Waals surface area (Å²) in [6.45, 7) is 1.59. The first-order valence-corrected chi connectivity index (χ1v) is 15.5. The number of anilines is 1. The second kappa shape index (κ2) is 12.0. The summed E-state index contributed by atoms with van der Waals surface area (Å²) >= 11 is 7.62. The molecule has 47 heavy (non-hydrogen) atoms. The Balaban J connectivity index is 1.32. The highest BCUT2D eigenvalue weighted by atomic mass is 35.5. The first kappa shape index (κ1) is 33.3. The molecule has 250 valence electrons. The molecule has 0 spiro atoms. The number of fused-ring (bicyclic) bond motifs is 1. The van der Waals surface area contributed by atoms with Crippen LogP contribution in [0.1, 0.15) is 29.9 Å². The Morgan fingerprint density at radius 2 is 1.89 bits per heavy atom. The van der Waals surface area contributed by atoms with Gasteiger partial charge in [-0.2, -0.15) is 0 Å². The van der Waals surface area contributed by atoms with E-state index in [1.165, 1.54) is 24.1 Å². The average Bonchev–Trinajstić information content (AvgIpc) is 3.70. The van der Waals surface area contributed by atoms with E-state index in [2.05, 4.69) is 20.9 Å². The van der Waals surface area contributed by atoms with Crippen LogP contribution in [0.15, 0.2) is 22.7 Å². The van der Waals surface area contributed by atoms with Crippen molar-refractivity contribution >= 4 is 81.2 Å². The summed E-state index contributed by atoms with van der Waals surface area (Å²) in [5.41, 5.74) is 5.29. The van der Waals surface area contributed by atoms with Crippen LogP contribution < -0.4 is 16.5 Å². The fraction of sp³-hybridized carbons (Fsp3) is 0.360. The van der Waals surface area contributed by atoms with Gasteiger partial charge in [0.2, 0.25) is 16.4 Å². The monoisotopic (exact) mass is 712 g/mol. The molecule has 5 rings (SSSR count). The van der Waals surface area contributed by atoms with Crippen LogP contribution in [0.3, 0.4) is 0 Å². The lowest BCUT2D eigenvalue weighted by Crippen LogP contribution is -2.68. The van der Waals surface area contributed by atoms with E-state index in [0.717, 1.165) is 45.1 Å². The molecule has 8 N–H and O–H groups in total. The molecule has 3 saturated heterocycles. The number of phenolic OH excluding ortho intramolecular Hbond substituents is 2. The van der Waals surface area contributed by atoms with Crippen molar-refractivity contribution in [3.8, 4) is 11.5 Å². The van der Waals surface area contributed by atoms with Gasteiger partial charge in [0.15, 0.2) is 22.3 Å². The summed E-state index contributed by atoms with van der Waals surface area (Å²) in [6, 6.07) is -0.0679. The third-order valence-corrected chi connectivity index (χ3v) is 10.1. The Morgan fingerprint density at radius 3 is 2.51 bits per heavy atom. The number of nitrogens with zero attached hydrogens (tertiary/aromatic N) is 5. The molecule has 3 fully saturated rings. The van der Waals surface area contributed by atoms with Crippen molar-refractivity contribution < 1.29 is 54.0 Å². The minimum Gasteiger partial charge on any atom is -0.504 e. The van der Waals surface area contributed by atoms with Crippen LogP contribution in [0.5, 0.6) is 11.5 Å². The number of carboxylic acid groups (broad SMARTS) is 2. The molecule has 5 amide bonds. The van der Waals surface area contributed by atoms with E-state index in [4.69, 9.17) is 22.2 Å². The van der Waals surface area contributed by atoms with Crippen LogP contribution in [0.2, 0.25) is 5.02 Å². The zero-order valence-electron chi connectivity index (χ0n) is 24.2. The number of aromatic nitrogens is 1. The summed E-state index contributed by atoms with van der Waals surface area (Å²) in [7, 11) is 0. The zero-order valence-corrected chi connectivity index (χ0v) is 26.6. The van der Waals surface area contributed by atoms with Crippen LogP contribution in [0.25, 0.3) is 0 Å². The summed E-state index contributed by atoms with van der Waals surface area (Å²) in [5.74, 6) is -6.75. The van der Waals surface area contributed by atoms with Crippen molar-refractivity contribution in [2.75, 3.05) is 25.4 Å². The number of oxime groups is 1. The third kappa shape index (κ3) is 5.76. The van der Waals surface area contributed by atoms with Crippen LogP contribution >= 0.6 is 34.7 Å². The number of rotatable bonds is 10. The predicted molar refractivity (Wildman–Crippen MR) is 162 cm³/mol. The predicted octanol–water partition coefficient (Wildman–Crippen LogP) is -0.363. The molecule has 0 unspecified atom stereocenters. The summed E-state index contributed by atoms with van der Waals surface area (Å²) in [5, 5.41) is 46.0. The molecule has 3 atom stereocenters. The van der Waals surface area contributed by atoms with Gasteiger partial charge in [0, 0.05) is 11.9 Å². The number of urea groups is 1. The Hall–Kier alpha value is -5.02. The van der Waals surface area contributed by atoms with Crippen molar-refractivity contribution in [1.29, 1.82) is 0 Å². The van der Waals surface area contributed by atoms with Crippen LogP contribution in [0, 0.1) is 0 Å². The molecule has 19 nitrogen and oxygen atoms in total. The topological polar surface area (TPSA) is 278 Å². The Bertz CT molecular complexity index is 1750. The zero-order chi connectivity index (χ0) is 34.6. The number of benzene rings is 1. The van der Waals surface area contributed by atoms with Crippen molar-refractivity contribution in [1.82, 2.24) is 30.5 Å². The van der Waals surface area contributed by atoms with Crippen LogP contribution in [0.4, 0.5) is 9.93 Å². The lowest BCUT2D eigenvalue weighted by molar-refractivity contribution is -0.161. The Kier molecular flexibility index (Phi) is 8.49. The van der Waals surface area contributed by atoms with Gasteiger partial charge in [0.25, 0.3) is 11.8 Å². The van der Waals surface area contributed by atoms with Gasteiger partial charge in [-0.25, -0.2) is 24.4 Å². The normalized spacial score (nSPS) is 22.5. The lowest BCUT2D eigenvalue weighted by Gasteiger charge is -2.41. The average molecular weight is 713 g/mol. The lowest BCUT2D eigenvalue weighted by atomic mass is 10.1. The number of hydrogen-bond donors (Lipinski definition) is 7. The fourth-order valence-electron chi connectivity index (χ4n) is 4.70. The Morgan fingerprint density at radius 1 is 1.19 bits per heavy atom. The number of carbonyl (C=O) groups excluding carboxylic acids is 4. The molecule has 1 aromatic carbocycles. The van der Waals surface area contributed by atoms with E-state index in [1.807, 2.05) is 0 Å². The number of nitrogen functional groups attached to an aromatic ring is 1. The van der Waals surface area contributed by atoms with E-state index in [-0.39, 0.29) is 29.5 Å². The van der Waals surface area contributed by atoms with E-state index < -0.39 is 86.4 Å². The number of aliphatic carboxylic acids is 2. The number of phenols is 2. The number of halogens is 1. The molecule has 3 aliphatic heterocycles. The van der Waals surface area contributed by atoms with Crippen molar-refractivity contribution in [2.45, 2.75) is 35.7 Å². The van der Waals surface area contributed by atoms with Crippen molar-refractivity contribution in [3.05, 3.63) is 33.8 Å². The molecular formula is C25H25ClN8O11S2. The fourth-order valence-corrected chi connectivity index (χ4v) is 7.13. The number of nitrogens with one attached hydrogen (secondary N) is 2. The number of hydrogen-bond acceptors (Lipinski definition) is 14. The molecule has 0 aliphatic carbocycles. The highest BCUT2D eigenvalue weighted by Crippen LogP contribution is 2.49. The summed E-state index contributed by atoms with van der Waals surface area (Å²) in [4.78, 5) is 85.9. The van der Waals surface area contributed by atoms with Gasteiger partial charge in [-0.15, -0.1) is 11.3 Å². The van der Waals surface area contributed by atoms with Gasteiger partial charge < -0.3 is 41.2 Å². The van der Waals surface area contributed by atoms with Crippen LogP contribution in [-0.2, 0) is 24.0 Å². The largest absolute Gasteiger partial charge is 0.504 e. The quantitative estimate of drug-likeness (QED) is 0.0717. The van der Waals surface area contributed by atoms with Crippen molar-refractivity contribution in [3.63, 3.8) is 0 Å². The van der Waals surface area contributed by atoms with E-state index in [0.29, 0.717) is 0 Å². The van der Waals surface area contributed by atoms with E-state index in [1.54, 1.807) is 0 Å². The number of thiazole rings is 1. The van der Waals surface area contributed by atoms with Gasteiger partial charge in [-0.05, 0) is 26.0 Å². The smallest absolute Gasteiger partial charge is 0.350 e. The minimum absolute atomic E-state index is 0.0614. The number of carboxylic acids is 2. The first-order valence-electron chi connectivity index (χ1n) is 13.3. The first-order chi connectivity index (χ1) is 22.0. The van der Waals surface area contributed by atoms with Crippen LogP contribution in [-0.4, -0.2) is 123 Å². The standard InChI is InChI=1S/C25H25ClN8O11S2/c1-24(2,20(40)41)45-31-13(10-7-46-22(27)28-10)17(38)29-14-18(39)32-8-25(21(42)43,47-19(14)32)33-5-6-34(23(33)44)30-16(37)9-3-4-11(35)15(36)12(9)26/h3-4,7,14,19,35-36H,5-6,8H2,1-2H3,(H2,27,28)(H,29,38)(H,30,37)(H,40,41)(H,42,43)/b31-13-/t14-,19-,25-/m1/s1. The van der Waals surface area contributed by atoms with Gasteiger partial charge in [0.1, 0.15) is 17.1 Å². The highest BCUT2D eigenvalue weighted by molar-refractivity contribution is 8.02. The van der Waals surface area contributed by atoms with Gasteiger partial charge in [-0.3, -0.25) is 24.7 Å². The maximum absolute atomic E-state index is 13.4. The SMILES string of the molecule is CC(C)(O/N=C(\C(=O)N[C@@H]1C(=O)N2C[C@@](C(=O)O)(N3CCN(NC(=O)c4ccc(O)c(O)c4Cl)C3=O)S[C@H]12)c1csc(N)n1)C(=O)O. The number of carbonyl (C=O) groups is 6. The summed E-state index contributed by atoms with van der Waals surface area (Å²) < 4.78 is 0. The number of amides is 5.